The lowest BCUT2D eigenvalue weighted by molar-refractivity contribution is 0.0820. The van der Waals surface area contributed by atoms with E-state index >= 15 is 0 Å². The molecular formula is C26H40N4O5S. The van der Waals surface area contributed by atoms with Crippen molar-refractivity contribution in [1.82, 2.24) is 14.0 Å². The van der Waals surface area contributed by atoms with E-state index in [1.54, 1.807) is 34.9 Å². The zero-order chi connectivity index (χ0) is 26.8. The van der Waals surface area contributed by atoms with Gasteiger partial charge >= 0.3 is 5.69 Å². The first kappa shape index (κ1) is 28.0. The van der Waals surface area contributed by atoms with Gasteiger partial charge in [0.1, 0.15) is 17.2 Å². The first-order chi connectivity index (χ1) is 16.7. The third-order valence-electron chi connectivity index (χ3n) is 6.55. The van der Waals surface area contributed by atoms with Crippen molar-refractivity contribution in [3.05, 3.63) is 51.2 Å². The van der Waals surface area contributed by atoms with Gasteiger partial charge in [0.2, 0.25) is 0 Å². The summed E-state index contributed by atoms with van der Waals surface area (Å²) in [6.45, 7) is 15.6. The summed E-state index contributed by atoms with van der Waals surface area (Å²) in [7, 11) is -3.23. The van der Waals surface area contributed by atoms with Crippen LogP contribution in [-0.2, 0) is 9.84 Å². The average molecular weight is 521 g/mol. The number of benzene rings is 1. The van der Waals surface area contributed by atoms with Crippen LogP contribution in [0.1, 0.15) is 60.0 Å². The van der Waals surface area contributed by atoms with Gasteiger partial charge in [-0.1, -0.05) is 0 Å². The Bertz CT molecular complexity index is 1270. The molecule has 1 aliphatic heterocycles. The van der Waals surface area contributed by atoms with E-state index in [1.165, 1.54) is 10.8 Å². The third kappa shape index (κ3) is 6.59. The van der Waals surface area contributed by atoms with Crippen LogP contribution in [-0.4, -0.2) is 67.0 Å². The minimum absolute atomic E-state index is 0.0550. The highest BCUT2D eigenvalue weighted by molar-refractivity contribution is 7.90. The quantitative estimate of drug-likeness (QED) is 0.502. The number of anilines is 1. The molecule has 10 heteroatoms. The Labute approximate surface area is 214 Å². The Kier molecular flexibility index (Phi) is 8.40. The van der Waals surface area contributed by atoms with Crippen molar-refractivity contribution in [2.45, 2.75) is 70.5 Å². The molecule has 0 saturated carbocycles. The molecule has 1 aromatic carbocycles. The predicted molar refractivity (Wildman–Crippen MR) is 143 cm³/mol. The van der Waals surface area contributed by atoms with E-state index in [2.05, 4.69) is 9.80 Å². The standard InChI is InChI=1S/C26H40N4O5S/c1-19(2)29-23(18-24(31)30(20(3)4)25(29)32)28-16-14-27(15-17-28)13-12-26(5,6)35-21-8-10-22(11-9-21)36(7,33)34/h8-11,18-20H,12-17H2,1-7H3. The van der Waals surface area contributed by atoms with E-state index in [9.17, 15) is 18.0 Å². The fourth-order valence-corrected chi connectivity index (χ4v) is 5.15. The average Bonchev–Trinajstić information content (AvgIpc) is 2.76. The Balaban J connectivity index is 1.62. The minimum atomic E-state index is -3.23. The fourth-order valence-electron chi connectivity index (χ4n) is 4.52. The molecule has 0 amide bonds. The molecule has 0 atom stereocenters. The zero-order valence-corrected chi connectivity index (χ0v) is 23.3. The number of nitrogens with zero attached hydrogens (tertiary/aromatic N) is 4. The van der Waals surface area contributed by atoms with Gasteiger partial charge in [0.25, 0.3) is 5.56 Å². The van der Waals surface area contributed by atoms with Crippen molar-refractivity contribution < 1.29 is 13.2 Å². The molecule has 9 nitrogen and oxygen atoms in total. The monoisotopic (exact) mass is 520 g/mol. The van der Waals surface area contributed by atoms with Crippen LogP contribution < -0.4 is 20.9 Å². The van der Waals surface area contributed by atoms with Gasteiger partial charge in [0, 0.05) is 57.1 Å². The molecule has 0 spiro atoms. The first-order valence-electron chi connectivity index (χ1n) is 12.5. The van der Waals surface area contributed by atoms with Crippen molar-refractivity contribution in [2.24, 2.45) is 0 Å². The lowest BCUT2D eigenvalue weighted by Gasteiger charge is -2.38. The summed E-state index contributed by atoms with van der Waals surface area (Å²) in [5, 5.41) is 0. The molecule has 200 valence electrons. The van der Waals surface area contributed by atoms with Crippen molar-refractivity contribution in [3.8, 4) is 5.75 Å². The summed E-state index contributed by atoms with van der Waals surface area (Å²) >= 11 is 0. The molecule has 1 fully saturated rings. The third-order valence-corrected chi connectivity index (χ3v) is 7.68. The summed E-state index contributed by atoms with van der Waals surface area (Å²) in [6.07, 6.45) is 1.98. The van der Waals surface area contributed by atoms with Gasteiger partial charge in [0.15, 0.2) is 9.84 Å². The summed E-state index contributed by atoms with van der Waals surface area (Å²) in [5.74, 6) is 1.33. The Hall–Kier alpha value is -2.59. The molecule has 0 aliphatic carbocycles. The smallest absolute Gasteiger partial charge is 0.333 e. The second kappa shape index (κ2) is 10.8. The predicted octanol–water partition coefficient (Wildman–Crippen LogP) is 2.95. The summed E-state index contributed by atoms with van der Waals surface area (Å²) in [6, 6.07) is 7.87. The zero-order valence-electron chi connectivity index (χ0n) is 22.5. The van der Waals surface area contributed by atoms with Gasteiger partial charge in [-0.3, -0.25) is 18.8 Å². The number of hydrogen-bond acceptors (Lipinski definition) is 7. The second-order valence-electron chi connectivity index (χ2n) is 10.7. The maximum Gasteiger partial charge on any atom is 0.333 e. The van der Waals surface area contributed by atoms with Crippen molar-refractivity contribution in [2.75, 3.05) is 43.9 Å². The van der Waals surface area contributed by atoms with E-state index in [-0.39, 0.29) is 28.2 Å². The molecule has 0 radical (unpaired) electrons. The van der Waals surface area contributed by atoms with Crippen LogP contribution in [0.3, 0.4) is 0 Å². The number of ether oxygens (including phenoxy) is 1. The van der Waals surface area contributed by atoms with E-state index in [4.69, 9.17) is 4.74 Å². The molecule has 0 unspecified atom stereocenters. The maximum absolute atomic E-state index is 13.1. The SMILES string of the molecule is CC(C)n1c(N2CCN(CCC(C)(C)Oc3ccc(S(C)(=O)=O)cc3)CC2)cc(=O)n(C(C)C)c1=O. The first-order valence-corrected chi connectivity index (χ1v) is 14.4. The second-order valence-corrected chi connectivity index (χ2v) is 12.8. The molecular weight excluding hydrogens is 480 g/mol. The maximum atomic E-state index is 13.1. The molecule has 1 aromatic heterocycles. The molecule has 36 heavy (non-hydrogen) atoms. The van der Waals surface area contributed by atoms with Gasteiger partial charge in [-0.15, -0.1) is 0 Å². The normalized spacial score (nSPS) is 15.6. The van der Waals surface area contributed by atoms with Crippen LogP contribution in [0.25, 0.3) is 0 Å². The summed E-state index contributed by atoms with van der Waals surface area (Å²) in [5.41, 5.74) is -0.940. The Morgan fingerprint density at radius 1 is 0.917 bits per heavy atom. The number of sulfone groups is 1. The van der Waals surface area contributed by atoms with Gasteiger partial charge < -0.3 is 9.64 Å². The van der Waals surface area contributed by atoms with Gasteiger partial charge in [-0.2, -0.15) is 0 Å². The van der Waals surface area contributed by atoms with Crippen LogP contribution in [0.15, 0.2) is 44.8 Å². The van der Waals surface area contributed by atoms with Crippen LogP contribution >= 0.6 is 0 Å². The van der Waals surface area contributed by atoms with Gasteiger partial charge in [-0.25, -0.2) is 13.2 Å². The fraction of sp³-hybridized carbons (Fsp3) is 0.615. The lowest BCUT2D eigenvalue weighted by atomic mass is 10.0. The summed E-state index contributed by atoms with van der Waals surface area (Å²) in [4.78, 5) is 30.5. The molecule has 3 rings (SSSR count). The molecule has 1 saturated heterocycles. The molecule has 1 aliphatic rings. The van der Waals surface area contributed by atoms with E-state index in [1.807, 2.05) is 41.5 Å². The van der Waals surface area contributed by atoms with Crippen molar-refractivity contribution in [1.29, 1.82) is 0 Å². The summed E-state index contributed by atoms with van der Waals surface area (Å²) < 4.78 is 32.5. The molecule has 0 N–H and O–H groups in total. The Morgan fingerprint density at radius 3 is 1.97 bits per heavy atom. The van der Waals surface area contributed by atoms with Crippen molar-refractivity contribution in [3.63, 3.8) is 0 Å². The Morgan fingerprint density at radius 2 is 1.47 bits per heavy atom. The number of hydrogen-bond donors (Lipinski definition) is 0. The molecule has 2 heterocycles. The minimum Gasteiger partial charge on any atom is -0.488 e. The highest BCUT2D eigenvalue weighted by Crippen LogP contribution is 2.24. The molecule has 0 bridgehead atoms. The van der Waals surface area contributed by atoms with E-state index in [0.717, 1.165) is 39.1 Å². The van der Waals surface area contributed by atoms with Crippen LogP contribution in [0, 0.1) is 0 Å². The van der Waals surface area contributed by atoms with Gasteiger partial charge in [-0.05, 0) is 72.2 Å². The van der Waals surface area contributed by atoms with Crippen LogP contribution in [0.4, 0.5) is 5.82 Å². The number of rotatable bonds is 9. The van der Waals surface area contributed by atoms with E-state index in [0.29, 0.717) is 11.6 Å². The number of piperazine rings is 1. The topological polar surface area (TPSA) is 93.8 Å². The van der Waals surface area contributed by atoms with Crippen LogP contribution in [0.2, 0.25) is 0 Å². The number of aromatic nitrogens is 2. The highest BCUT2D eigenvalue weighted by Gasteiger charge is 2.26. The van der Waals surface area contributed by atoms with Crippen molar-refractivity contribution >= 4 is 15.7 Å². The molecule has 2 aromatic rings. The van der Waals surface area contributed by atoms with E-state index < -0.39 is 15.4 Å². The van der Waals surface area contributed by atoms with Crippen LogP contribution in [0.5, 0.6) is 5.75 Å². The van der Waals surface area contributed by atoms with Gasteiger partial charge in [0.05, 0.1) is 4.90 Å². The highest BCUT2D eigenvalue weighted by atomic mass is 32.2. The largest absolute Gasteiger partial charge is 0.488 e. The lowest BCUT2D eigenvalue weighted by Crippen LogP contribution is -2.51.